The minimum Gasteiger partial charge on any atom is -0.316 e. The van der Waals surface area contributed by atoms with Crippen molar-refractivity contribution in [3.8, 4) is 0 Å². The molecule has 0 heterocycles. The van der Waals surface area contributed by atoms with Gasteiger partial charge in [-0.05, 0) is 50.0 Å². The maximum absolute atomic E-state index is 3.66. The minimum absolute atomic E-state index is 0.611. The highest BCUT2D eigenvalue weighted by molar-refractivity contribution is 4.94. The van der Waals surface area contributed by atoms with Crippen LogP contribution >= 0.6 is 0 Å². The van der Waals surface area contributed by atoms with E-state index in [0.717, 1.165) is 17.9 Å². The molecule has 1 nitrogen and oxygen atoms in total. The van der Waals surface area contributed by atoms with Crippen LogP contribution in [-0.2, 0) is 0 Å². The largest absolute Gasteiger partial charge is 0.316 e. The van der Waals surface area contributed by atoms with Gasteiger partial charge in [0.25, 0.3) is 0 Å². The van der Waals surface area contributed by atoms with Crippen LogP contribution in [0.1, 0.15) is 79.1 Å². The molecule has 0 saturated heterocycles. The van der Waals surface area contributed by atoms with Crippen molar-refractivity contribution in [1.29, 1.82) is 0 Å². The molecule has 1 fully saturated rings. The highest BCUT2D eigenvalue weighted by Gasteiger charge is 2.40. The van der Waals surface area contributed by atoms with Crippen molar-refractivity contribution in [3.05, 3.63) is 0 Å². The first-order chi connectivity index (χ1) is 8.50. The third-order valence-corrected chi connectivity index (χ3v) is 4.78. The van der Waals surface area contributed by atoms with E-state index in [9.17, 15) is 0 Å². The van der Waals surface area contributed by atoms with Crippen molar-refractivity contribution < 1.29 is 0 Å². The Morgan fingerprint density at radius 1 is 0.944 bits per heavy atom. The topological polar surface area (TPSA) is 12.0 Å². The molecule has 0 spiro atoms. The Bertz CT molecular complexity index is 214. The van der Waals surface area contributed by atoms with E-state index < -0.39 is 0 Å². The summed E-state index contributed by atoms with van der Waals surface area (Å²) in [6.45, 7) is 9.46. The van der Waals surface area contributed by atoms with Crippen LogP contribution in [0.3, 0.4) is 0 Å². The molecule has 0 aromatic heterocycles. The summed E-state index contributed by atoms with van der Waals surface area (Å²) in [7, 11) is 2.18. The molecule has 1 rings (SSSR count). The minimum atomic E-state index is 0.611. The number of rotatable bonds is 8. The zero-order chi connectivity index (χ0) is 13.6. The second kappa shape index (κ2) is 7.53. The Morgan fingerprint density at radius 2 is 1.56 bits per heavy atom. The zero-order valence-corrected chi connectivity index (χ0v) is 13.4. The first-order valence-corrected chi connectivity index (χ1v) is 8.17. The van der Waals surface area contributed by atoms with E-state index in [2.05, 4.69) is 40.1 Å². The molecule has 0 aromatic carbocycles. The molecule has 108 valence electrons. The van der Waals surface area contributed by atoms with Crippen LogP contribution in [0, 0.1) is 17.3 Å². The summed E-state index contributed by atoms with van der Waals surface area (Å²) >= 11 is 0. The highest BCUT2D eigenvalue weighted by Crippen LogP contribution is 2.47. The molecule has 0 amide bonds. The Morgan fingerprint density at radius 3 is 2.00 bits per heavy atom. The van der Waals surface area contributed by atoms with Gasteiger partial charge in [0, 0.05) is 6.04 Å². The number of hydrogen-bond acceptors (Lipinski definition) is 1. The van der Waals surface area contributed by atoms with Gasteiger partial charge in [-0.25, -0.2) is 0 Å². The van der Waals surface area contributed by atoms with Gasteiger partial charge in [0.15, 0.2) is 0 Å². The zero-order valence-electron chi connectivity index (χ0n) is 13.4. The average Bonchev–Trinajstić information content (AvgIpc) is 2.72. The third-order valence-electron chi connectivity index (χ3n) is 4.78. The fourth-order valence-corrected chi connectivity index (χ4v) is 4.07. The lowest BCUT2D eigenvalue weighted by molar-refractivity contribution is 0.150. The summed E-state index contributed by atoms with van der Waals surface area (Å²) in [5.41, 5.74) is 0.611. The molecule has 0 radical (unpaired) electrons. The molecule has 18 heavy (non-hydrogen) atoms. The lowest BCUT2D eigenvalue weighted by atomic mass is 9.71. The molecule has 1 unspecified atom stereocenters. The van der Waals surface area contributed by atoms with Crippen LogP contribution in [0.2, 0.25) is 0 Å². The van der Waals surface area contributed by atoms with Crippen molar-refractivity contribution in [3.63, 3.8) is 0 Å². The summed E-state index contributed by atoms with van der Waals surface area (Å²) in [6, 6.07) is 0.751. The van der Waals surface area contributed by atoms with Gasteiger partial charge in [-0.15, -0.1) is 0 Å². The van der Waals surface area contributed by atoms with Crippen LogP contribution in [0.25, 0.3) is 0 Å². The lowest BCUT2D eigenvalue weighted by Gasteiger charge is -2.39. The summed E-state index contributed by atoms with van der Waals surface area (Å²) in [5.74, 6) is 1.69. The average molecular weight is 253 g/mol. The molecular weight excluding hydrogens is 218 g/mol. The van der Waals surface area contributed by atoms with Crippen molar-refractivity contribution in [2.45, 2.75) is 85.1 Å². The Labute approximate surface area is 115 Å². The van der Waals surface area contributed by atoms with Gasteiger partial charge in [-0.3, -0.25) is 0 Å². The van der Waals surface area contributed by atoms with Gasteiger partial charge in [0.1, 0.15) is 0 Å². The van der Waals surface area contributed by atoms with Crippen LogP contribution in [-0.4, -0.2) is 13.1 Å². The molecule has 1 saturated carbocycles. The predicted molar refractivity (Wildman–Crippen MR) is 81.9 cm³/mol. The molecule has 1 aliphatic carbocycles. The molecule has 0 aliphatic heterocycles. The third kappa shape index (κ3) is 4.57. The van der Waals surface area contributed by atoms with Crippen LogP contribution < -0.4 is 5.32 Å². The number of nitrogens with one attached hydrogen (secondary N) is 1. The summed E-state index contributed by atoms with van der Waals surface area (Å²) < 4.78 is 0. The summed E-state index contributed by atoms with van der Waals surface area (Å²) in [4.78, 5) is 0. The second-order valence-corrected chi connectivity index (χ2v) is 7.33. The van der Waals surface area contributed by atoms with E-state index >= 15 is 0 Å². The van der Waals surface area contributed by atoms with Crippen LogP contribution in [0.4, 0.5) is 0 Å². The van der Waals surface area contributed by atoms with Gasteiger partial charge >= 0.3 is 0 Å². The van der Waals surface area contributed by atoms with Gasteiger partial charge in [0.05, 0.1) is 0 Å². The standard InChI is InChI=1S/C17H35N/c1-14(2)9-8-10-16(18-5)17(13-15(3)4)11-6-7-12-17/h14-16,18H,6-13H2,1-5H3. The van der Waals surface area contributed by atoms with Crippen LogP contribution in [0.15, 0.2) is 0 Å². The van der Waals surface area contributed by atoms with E-state index in [1.54, 1.807) is 0 Å². The van der Waals surface area contributed by atoms with E-state index in [4.69, 9.17) is 0 Å². The maximum atomic E-state index is 3.66. The summed E-state index contributed by atoms with van der Waals surface area (Å²) in [5, 5.41) is 3.66. The SMILES string of the molecule is CNC(CCCC(C)C)C1(CC(C)C)CCCC1. The molecular formula is C17H35N. The Balaban J connectivity index is 2.57. The Kier molecular flexibility index (Phi) is 6.70. The molecule has 1 aliphatic rings. The first kappa shape index (κ1) is 16.0. The van der Waals surface area contributed by atoms with Crippen molar-refractivity contribution in [2.75, 3.05) is 7.05 Å². The lowest BCUT2D eigenvalue weighted by Crippen LogP contribution is -2.43. The smallest absolute Gasteiger partial charge is 0.0121 e. The van der Waals surface area contributed by atoms with Gasteiger partial charge < -0.3 is 5.32 Å². The maximum Gasteiger partial charge on any atom is 0.0121 e. The quantitative estimate of drug-likeness (QED) is 0.641. The second-order valence-electron chi connectivity index (χ2n) is 7.33. The Hall–Kier alpha value is -0.0400. The van der Waals surface area contributed by atoms with Crippen molar-refractivity contribution >= 4 is 0 Å². The predicted octanol–water partition coefficient (Wildman–Crippen LogP) is 5.01. The van der Waals surface area contributed by atoms with E-state index in [1.165, 1.54) is 51.4 Å². The molecule has 1 N–H and O–H groups in total. The fourth-order valence-electron chi connectivity index (χ4n) is 4.07. The molecule has 1 heteroatoms. The summed E-state index contributed by atoms with van der Waals surface area (Å²) in [6.07, 6.45) is 11.4. The molecule has 1 atom stereocenters. The first-order valence-electron chi connectivity index (χ1n) is 8.17. The van der Waals surface area contributed by atoms with Gasteiger partial charge in [-0.2, -0.15) is 0 Å². The monoisotopic (exact) mass is 253 g/mol. The van der Waals surface area contributed by atoms with E-state index in [-0.39, 0.29) is 0 Å². The highest BCUT2D eigenvalue weighted by atomic mass is 14.9. The van der Waals surface area contributed by atoms with Crippen LogP contribution in [0.5, 0.6) is 0 Å². The fraction of sp³-hybridized carbons (Fsp3) is 1.00. The molecule has 0 bridgehead atoms. The molecule has 0 aromatic rings. The van der Waals surface area contributed by atoms with E-state index in [1.807, 2.05) is 0 Å². The van der Waals surface area contributed by atoms with Gasteiger partial charge in [-0.1, -0.05) is 53.4 Å². The van der Waals surface area contributed by atoms with E-state index in [0.29, 0.717) is 5.41 Å². The normalized spacial score (nSPS) is 20.8. The number of hydrogen-bond donors (Lipinski definition) is 1. The van der Waals surface area contributed by atoms with Gasteiger partial charge in [0.2, 0.25) is 0 Å². The van der Waals surface area contributed by atoms with Crippen molar-refractivity contribution in [2.24, 2.45) is 17.3 Å². The van der Waals surface area contributed by atoms with Crippen molar-refractivity contribution in [1.82, 2.24) is 5.32 Å².